The number of imidazole rings is 1. The molecule has 4 nitrogen and oxygen atoms in total. The highest BCUT2D eigenvalue weighted by Crippen LogP contribution is 2.27. The zero-order chi connectivity index (χ0) is 17.2. The Labute approximate surface area is 146 Å². The van der Waals surface area contributed by atoms with Gasteiger partial charge >= 0.3 is 0 Å². The van der Waals surface area contributed by atoms with Crippen molar-refractivity contribution in [1.29, 1.82) is 0 Å². The van der Waals surface area contributed by atoms with Crippen LogP contribution in [0.1, 0.15) is 5.56 Å². The molecule has 0 atom stereocenters. The van der Waals surface area contributed by atoms with Crippen molar-refractivity contribution in [3.63, 3.8) is 0 Å². The highest BCUT2D eigenvalue weighted by molar-refractivity contribution is 5.82. The lowest BCUT2D eigenvalue weighted by atomic mass is 10.2. The number of fused-ring (bicyclic) bond motifs is 1. The van der Waals surface area contributed by atoms with E-state index in [9.17, 15) is 5.11 Å². The average Bonchev–Trinajstić information content (AvgIpc) is 2.98. The Balaban J connectivity index is 1.63. The number of aromatic hydroxyl groups is 1. The van der Waals surface area contributed by atoms with Gasteiger partial charge in [0.1, 0.15) is 23.9 Å². The van der Waals surface area contributed by atoms with Crippen LogP contribution in [0.15, 0.2) is 72.8 Å². The molecule has 3 aromatic carbocycles. The third kappa shape index (κ3) is 3.06. The number of nitrogens with zero attached hydrogens (tertiary/aromatic N) is 2. The molecular formula is C21H18N2O2. The van der Waals surface area contributed by atoms with Crippen LogP contribution in [0.5, 0.6) is 11.5 Å². The molecule has 0 aliphatic heterocycles. The number of hydrogen-bond donors (Lipinski definition) is 1. The molecular weight excluding hydrogens is 312 g/mol. The van der Waals surface area contributed by atoms with E-state index < -0.39 is 0 Å². The highest BCUT2D eigenvalue weighted by Gasteiger charge is 2.11. The molecule has 1 N–H and O–H groups in total. The van der Waals surface area contributed by atoms with Crippen LogP contribution in [0.4, 0.5) is 0 Å². The van der Waals surface area contributed by atoms with E-state index in [1.54, 1.807) is 12.1 Å². The van der Waals surface area contributed by atoms with Gasteiger partial charge in [-0.05, 0) is 42.0 Å². The minimum Gasteiger partial charge on any atom is -0.508 e. The molecule has 0 aliphatic rings. The summed E-state index contributed by atoms with van der Waals surface area (Å²) in [6, 6.07) is 23.1. The molecule has 1 heterocycles. The summed E-state index contributed by atoms with van der Waals surface area (Å²) in [5.41, 5.74) is 4.02. The van der Waals surface area contributed by atoms with Gasteiger partial charge in [0.15, 0.2) is 0 Å². The van der Waals surface area contributed by atoms with Crippen LogP contribution in [0.25, 0.3) is 22.4 Å². The van der Waals surface area contributed by atoms with Crippen molar-refractivity contribution in [3.05, 3.63) is 78.4 Å². The smallest absolute Gasteiger partial charge is 0.140 e. The van der Waals surface area contributed by atoms with Crippen molar-refractivity contribution in [2.75, 3.05) is 0 Å². The van der Waals surface area contributed by atoms with Crippen molar-refractivity contribution in [2.45, 2.75) is 6.61 Å². The van der Waals surface area contributed by atoms with Gasteiger partial charge in [-0.15, -0.1) is 0 Å². The van der Waals surface area contributed by atoms with E-state index >= 15 is 0 Å². The summed E-state index contributed by atoms with van der Waals surface area (Å²) < 4.78 is 7.93. The van der Waals surface area contributed by atoms with Gasteiger partial charge < -0.3 is 14.4 Å². The molecule has 124 valence electrons. The quantitative estimate of drug-likeness (QED) is 0.598. The number of aromatic nitrogens is 2. The molecule has 0 fully saturated rings. The van der Waals surface area contributed by atoms with Gasteiger partial charge in [0.05, 0.1) is 11.0 Å². The summed E-state index contributed by atoms with van der Waals surface area (Å²) >= 11 is 0. The lowest BCUT2D eigenvalue weighted by molar-refractivity contribution is 0.306. The maximum absolute atomic E-state index is 9.46. The zero-order valence-electron chi connectivity index (χ0n) is 13.9. The topological polar surface area (TPSA) is 47.3 Å². The SMILES string of the molecule is Cn1c(-c2ccc(O)cc2)nc2cc(OCc3ccccc3)ccc21. The number of aryl methyl sites for hydroxylation is 1. The molecule has 4 heteroatoms. The van der Waals surface area contributed by atoms with Crippen LogP contribution >= 0.6 is 0 Å². The molecule has 25 heavy (non-hydrogen) atoms. The number of rotatable bonds is 4. The number of benzene rings is 3. The van der Waals surface area contributed by atoms with Crippen LogP contribution in [-0.2, 0) is 13.7 Å². The van der Waals surface area contributed by atoms with E-state index in [0.29, 0.717) is 6.61 Å². The van der Waals surface area contributed by atoms with Gasteiger partial charge in [0.2, 0.25) is 0 Å². The first-order valence-electron chi connectivity index (χ1n) is 8.13. The van der Waals surface area contributed by atoms with E-state index in [1.165, 1.54) is 0 Å². The number of hydrogen-bond acceptors (Lipinski definition) is 3. The fourth-order valence-corrected chi connectivity index (χ4v) is 2.88. The Bertz CT molecular complexity index is 1010. The molecule has 0 spiro atoms. The van der Waals surface area contributed by atoms with E-state index in [2.05, 4.69) is 0 Å². The molecule has 0 saturated carbocycles. The van der Waals surface area contributed by atoms with Gasteiger partial charge in [-0.3, -0.25) is 0 Å². The van der Waals surface area contributed by atoms with Gasteiger partial charge in [-0.25, -0.2) is 4.98 Å². The molecule has 0 bridgehead atoms. The third-order valence-corrected chi connectivity index (χ3v) is 4.23. The molecule has 0 saturated heterocycles. The van der Waals surface area contributed by atoms with Crippen molar-refractivity contribution in [2.24, 2.45) is 7.05 Å². The lowest BCUT2D eigenvalue weighted by Crippen LogP contribution is -1.95. The van der Waals surface area contributed by atoms with Gasteiger partial charge in [0, 0.05) is 18.7 Å². The molecule has 0 radical (unpaired) electrons. The molecule has 4 aromatic rings. The monoisotopic (exact) mass is 330 g/mol. The number of phenolic OH excluding ortho intramolecular Hbond substituents is 1. The van der Waals surface area contributed by atoms with Crippen molar-refractivity contribution >= 4 is 11.0 Å². The molecule has 0 amide bonds. The Morgan fingerprint density at radius 3 is 2.48 bits per heavy atom. The fraction of sp³-hybridized carbons (Fsp3) is 0.0952. The normalized spacial score (nSPS) is 10.9. The standard InChI is InChI=1S/C21H18N2O2/c1-23-20-12-11-18(25-14-15-5-3-2-4-6-15)13-19(20)22-21(23)16-7-9-17(24)10-8-16/h2-13,24H,14H2,1H3. The van der Waals surface area contributed by atoms with Crippen LogP contribution in [-0.4, -0.2) is 14.7 Å². The van der Waals surface area contributed by atoms with Crippen LogP contribution in [0.2, 0.25) is 0 Å². The molecule has 4 rings (SSSR count). The second kappa shape index (κ2) is 6.32. The predicted molar refractivity (Wildman–Crippen MR) is 98.6 cm³/mol. The molecule has 1 aromatic heterocycles. The first kappa shape index (κ1) is 15.3. The summed E-state index contributed by atoms with van der Waals surface area (Å²) in [5, 5.41) is 9.46. The summed E-state index contributed by atoms with van der Waals surface area (Å²) in [6.45, 7) is 0.532. The maximum atomic E-state index is 9.46. The minimum atomic E-state index is 0.249. The molecule has 0 unspecified atom stereocenters. The Morgan fingerprint density at radius 1 is 0.960 bits per heavy atom. The zero-order valence-corrected chi connectivity index (χ0v) is 13.9. The highest BCUT2D eigenvalue weighted by atomic mass is 16.5. The summed E-state index contributed by atoms with van der Waals surface area (Å²) in [5.74, 6) is 1.90. The second-order valence-corrected chi connectivity index (χ2v) is 5.97. The van der Waals surface area contributed by atoms with E-state index in [1.807, 2.05) is 72.3 Å². The first-order valence-corrected chi connectivity index (χ1v) is 8.13. The van der Waals surface area contributed by atoms with Crippen molar-refractivity contribution in [1.82, 2.24) is 9.55 Å². The number of phenols is 1. The van der Waals surface area contributed by atoms with E-state index in [-0.39, 0.29) is 5.75 Å². The van der Waals surface area contributed by atoms with Gasteiger partial charge in [0.25, 0.3) is 0 Å². The average molecular weight is 330 g/mol. The van der Waals surface area contributed by atoms with Crippen molar-refractivity contribution in [3.8, 4) is 22.9 Å². The summed E-state index contributed by atoms with van der Waals surface area (Å²) in [6.07, 6.45) is 0. The second-order valence-electron chi connectivity index (χ2n) is 5.97. The largest absolute Gasteiger partial charge is 0.508 e. The van der Waals surface area contributed by atoms with Crippen LogP contribution < -0.4 is 4.74 Å². The Hall–Kier alpha value is -3.27. The van der Waals surface area contributed by atoms with Gasteiger partial charge in [-0.2, -0.15) is 0 Å². The van der Waals surface area contributed by atoms with E-state index in [0.717, 1.165) is 33.7 Å². The summed E-state index contributed by atoms with van der Waals surface area (Å²) in [4.78, 5) is 4.73. The number of ether oxygens (including phenoxy) is 1. The van der Waals surface area contributed by atoms with E-state index in [4.69, 9.17) is 9.72 Å². The Morgan fingerprint density at radius 2 is 1.72 bits per heavy atom. The molecule has 0 aliphatic carbocycles. The maximum Gasteiger partial charge on any atom is 0.140 e. The van der Waals surface area contributed by atoms with Crippen LogP contribution in [0.3, 0.4) is 0 Å². The first-order chi connectivity index (χ1) is 12.2. The fourth-order valence-electron chi connectivity index (χ4n) is 2.88. The summed E-state index contributed by atoms with van der Waals surface area (Å²) in [7, 11) is 1.99. The minimum absolute atomic E-state index is 0.249. The van der Waals surface area contributed by atoms with Crippen molar-refractivity contribution < 1.29 is 9.84 Å². The van der Waals surface area contributed by atoms with Gasteiger partial charge in [-0.1, -0.05) is 30.3 Å². The third-order valence-electron chi connectivity index (χ3n) is 4.23. The predicted octanol–water partition coefficient (Wildman–Crippen LogP) is 4.52. The Kier molecular flexibility index (Phi) is 3.86. The van der Waals surface area contributed by atoms with Crippen LogP contribution in [0, 0.1) is 0 Å². The lowest BCUT2D eigenvalue weighted by Gasteiger charge is -2.06.